The summed E-state index contributed by atoms with van der Waals surface area (Å²) in [6, 6.07) is 1.17. The number of hydrogen-bond acceptors (Lipinski definition) is 5. The Labute approximate surface area is 124 Å². The van der Waals surface area contributed by atoms with Gasteiger partial charge < -0.3 is 9.88 Å². The maximum Gasteiger partial charge on any atom is 0.267 e. The third kappa shape index (κ3) is 4.83. The van der Waals surface area contributed by atoms with E-state index >= 15 is 0 Å². The molecule has 0 aliphatic carbocycles. The molecule has 0 bridgehead atoms. The molecule has 21 heavy (non-hydrogen) atoms. The number of aromatic nitrogens is 1. The smallest absolute Gasteiger partial charge is 0.267 e. The van der Waals surface area contributed by atoms with E-state index in [9.17, 15) is 21.6 Å². The molecule has 0 spiro atoms. The maximum atomic E-state index is 12.0. The normalized spacial score (nSPS) is 12.3. The molecule has 8 nitrogen and oxygen atoms in total. The van der Waals surface area contributed by atoms with Crippen LogP contribution in [-0.4, -0.2) is 45.4 Å². The predicted molar refractivity (Wildman–Crippen MR) is 78.1 cm³/mol. The lowest BCUT2D eigenvalue weighted by atomic mass is 10.4. The van der Waals surface area contributed by atoms with Crippen molar-refractivity contribution in [3.8, 4) is 0 Å². The summed E-state index contributed by atoms with van der Waals surface area (Å²) in [7, 11) is -7.06. The molecule has 0 saturated carbocycles. The predicted octanol–water partition coefficient (Wildman–Crippen LogP) is -0.680. The number of carbonyl (C=O) groups is 1. The van der Waals surface area contributed by atoms with Crippen LogP contribution in [0.4, 0.5) is 0 Å². The van der Waals surface area contributed by atoms with Gasteiger partial charge in [0.05, 0.1) is 5.75 Å². The van der Waals surface area contributed by atoms with Crippen molar-refractivity contribution in [2.45, 2.75) is 25.3 Å². The Kier molecular flexibility index (Phi) is 5.54. The van der Waals surface area contributed by atoms with Crippen LogP contribution in [0.25, 0.3) is 0 Å². The van der Waals surface area contributed by atoms with E-state index in [0.29, 0.717) is 6.54 Å². The van der Waals surface area contributed by atoms with Crippen LogP contribution in [0.3, 0.4) is 0 Å². The summed E-state index contributed by atoms with van der Waals surface area (Å²) in [5, 5.41) is 7.47. The number of sulfonamides is 1. The van der Waals surface area contributed by atoms with Gasteiger partial charge in [0.15, 0.2) is 9.84 Å². The minimum Gasteiger partial charge on any atom is -0.350 e. The molecule has 10 heteroatoms. The van der Waals surface area contributed by atoms with Crippen molar-refractivity contribution in [3.05, 3.63) is 18.0 Å². The first-order valence-corrected chi connectivity index (χ1v) is 9.69. The first-order valence-electron chi connectivity index (χ1n) is 6.32. The average molecular weight is 337 g/mol. The molecule has 0 radical (unpaired) electrons. The van der Waals surface area contributed by atoms with Gasteiger partial charge in [-0.2, -0.15) is 0 Å². The van der Waals surface area contributed by atoms with Crippen molar-refractivity contribution in [2.75, 3.05) is 18.1 Å². The van der Waals surface area contributed by atoms with Crippen molar-refractivity contribution in [1.29, 1.82) is 0 Å². The fourth-order valence-electron chi connectivity index (χ4n) is 1.65. The molecule has 0 aromatic carbocycles. The van der Waals surface area contributed by atoms with Gasteiger partial charge in [-0.05, 0) is 13.0 Å². The van der Waals surface area contributed by atoms with E-state index in [1.54, 1.807) is 6.92 Å². The second-order valence-corrected chi connectivity index (χ2v) is 8.42. The number of aryl methyl sites for hydroxylation is 1. The van der Waals surface area contributed by atoms with Crippen LogP contribution in [0.2, 0.25) is 0 Å². The third-order valence-electron chi connectivity index (χ3n) is 2.91. The lowest BCUT2D eigenvalue weighted by Crippen LogP contribution is -2.30. The van der Waals surface area contributed by atoms with E-state index in [4.69, 9.17) is 5.14 Å². The molecule has 0 aliphatic rings. The molecule has 0 unspecified atom stereocenters. The van der Waals surface area contributed by atoms with Gasteiger partial charge in [0.1, 0.15) is 10.6 Å². The van der Waals surface area contributed by atoms with Crippen LogP contribution in [-0.2, 0) is 26.4 Å². The number of nitrogens with one attached hydrogen (secondary N) is 1. The highest BCUT2D eigenvalue weighted by Crippen LogP contribution is 2.13. The summed E-state index contributed by atoms with van der Waals surface area (Å²) in [5.41, 5.74) is 0.121. The molecule has 1 rings (SSSR count). The second-order valence-electron chi connectivity index (χ2n) is 4.38. The number of amides is 1. The standard InChI is InChI=1S/C11H19N3O5S2/c1-3-14-8-9(21(12,18)19)7-10(14)11(15)13-5-6-20(16,17)4-2/h7-8H,3-6H2,1-2H3,(H,13,15)(H2,12,18,19). The van der Waals surface area contributed by atoms with E-state index in [1.165, 1.54) is 23.8 Å². The third-order valence-corrected chi connectivity index (χ3v) is 5.50. The van der Waals surface area contributed by atoms with Crippen LogP contribution in [0.15, 0.2) is 17.2 Å². The summed E-state index contributed by atoms with van der Waals surface area (Å²) in [6.45, 7) is 3.61. The topological polar surface area (TPSA) is 128 Å². The number of hydrogen-bond donors (Lipinski definition) is 2. The Balaban J connectivity index is 2.86. The fraction of sp³-hybridized carbons (Fsp3) is 0.545. The lowest BCUT2D eigenvalue weighted by Gasteiger charge is -2.07. The Morgan fingerprint density at radius 2 is 1.90 bits per heavy atom. The van der Waals surface area contributed by atoms with Crippen molar-refractivity contribution in [2.24, 2.45) is 5.14 Å². The average Bonchev–Trinajstić information content (AvgIpc) is 2.82. The summed E-state index contributed by atoms with van der Waals surface area (Å²) >= 11 is 0. The highest BCUT2D eigenvalue weighted by Gasteiger charge is 2.18. The molecular formula is C11H19N3O5S2. The molecule has 1 heterocycles. The van der Waals surface area contributed by atoms with Gasteiger partial charge in [0.25, 0.3) is 5.91 Å². The number of carbonyl (C=O) groups excluding carboxylic acids is 1. The molecule has 0 atom stereocenters. The number of primary sulfonamides is 1. The molecule has 0 saturated heterocycles. The Morgan fingerprint density at radius 1 is 1.29 bits per heavy atom. The molecular weight excluding hydrogens is 318 g/mol. The number of rotatable bonds is 7. The monoisotopic (exact) mass is 337 g/mol. The van der Waals surface area contributed by atoms with Crippen LogP contribution < -0.4 is 10.5 Å². The molecule has 0 fully saturated rings. The molecule has 1 amide bonds. The van der Waals surface area contributed by atoms with Crippen molar-refractivity contribution < 1.29 is 21.6 Å². The van der Waals surface area contributed by atoms with Crippen LogP contribution in [0.1, 0.15) is 24.3 Å². The van der Waals surface area contributed by atoms with Crippen LogP contribution in [0.5, 0.6) is 0 Å². The first-order chi connectivity index (χ1) is 9.60. The number of sulfone groups is 1. The maximum absolute atomic E-state index is 12.0. The van der Waals surface area contributed by atoms with Gasteiger partial charge in [0.2, 0.25) is 10.0 Å². The van der Waals surface area contributed by atoms with Crippen molar-refractivity contribution in [1.82, 2.24) is 9.88 Å². The Morgan fingerprint density at radius 3 is 2.38 bits per heavy atom. The van der Waals surface area contributed by atoms with Gasteiger partial charge in [-0.25, -0.2) is 22.0 Å². The zero-order chi connectivity index (χ0) is 16.3. The van der Waals surface area contributed by atoms with Gasteiger partial charge >= 0.3 is 0 Å². The molecule has 3 N–H and O–H groups in total. The minimum atomic E-state index is -3.89. The highest BCUT2D eigenvalue weighted by atomic mass is 32.2. The number of nitrogens with zero attached hydrogens (tertiary/aromatic N) is 1. The van der Waals surface area contributed by atoms with E-state index in [-0.39, 0.29) is 28.6 Å². The molecule has 120 valence electrons. The van der Waals surface area contributed by atoms with Crippen molar-refractivity contribution in [3.63, 3.8) is 0 Å². The number of nitrogens with two attached hydrogens (primary N) is 1. The van der Waals surface area contributed by atoms with E-state index in [0.717, 1.165) is 0 Å². The summed E-state index contributed by atoms with van der Waals surface area (Å²) in [6.07, 6.45) is 1.27. The zero-order valence-corrected chi connectivity index (χ0v) is 13.5. The van der Waals surface area contributed by atoms with Gasteiger partial charge in [-0.15, -0.1) is 0 Å². The summed E-state index contributed by atoms with van der Waals surface area (Å²) in [5.74, 6) is -0.702. The Bertz CT molecular complexity index is 719. The fourth-order valence-corrected chi connectivity index (χ4v) is 2.90. The zero-order valence-electron chi connectivity index (χ0n) is 11.9. The van der Waals surface area contributed by atoms with Gasteiger partial charge in [-0.3, -0.25) is 4.79 Å². The first kappa shape index (κ1) is 17.7. The Hall–Kier alpha value is -1.39. The largest absolute Gasteiger partial charge is 0.350 e. The second kappa shape index (κ2) is 6.58. The minimum absolute atomic E-state index is 0.00374. The highest BCUT2D eigenvalue weighted by molar-refractivity contribution is 7.91. The van der Waals surface area contributed by atoms with E-state index in [2.05, 4.69) is 5.32 Å². The quantitative estimate of drug-likeness (QED) is 0.681. The SMILES string of the molecule is CCn1cc(S(N)(=O)=O)cc1C(=O)NCCS(=O)(=O)CC. The van der Waals surface area contributed by atoms with E-state index in [1.807, 2.05) is 0 Å². The van der Waals surface area contributed by atoms with Gasteiger partial charge in [0, 0.05) is 25.0 Å². The molecule has 1 aromatic rings. The van der Waals surface area contributed by atoms with Crippen LogP contribution in [0, 0.1) is 0 Å². The molecule has 1 aromatic heterocycles. The van der Waals surface area contributed by atoms with Crippen molar-refractivity contribution >= 4 is 25.8 Å². The van der Waals surface area contributed by atoms with Gasteiger partial charge in [-0.1, -0.05) is 6.92 Å². The lowest BCUT2D eigenvalue weighted by molar-refractivity contribution is 0.0947. The molecule has 0 aliphatic heterocycles. The summed E-state index contributed by atoms with van der Waals surface area (Å²) < 4.78 is 46.6. The van der Waals surface area contributed by atoms with E-state index < -0.39 is 25.8 Å². The van der Waals surface area contributed by atoms with Crippen LogP contribution >= 0.6 is 0 Å². The summed E-state index contributed by atoms with van der Waals surface area (Å²) in [4.78, 5) is 11.8.